The Bertz CT molecular complexity index is 495. The molecular formula is C8H10N4OS. The van der Waals surface area contributed by atoms with E-state index in [1.54, 1.807) is 4.57 Å². The molecule has 2 rings (SSSR count). The van der Waals surface area contributed by atoms with E-state index in [1.165, 1.54) is 0 Å². The van der Waals surface area contributed by atoms with Crippen molar-refractivity contribution in [1.82, 2.24) is 14.8 Å². The molecule has 2 aromatic rings. The van der Waals surface area contributed by atoms with E-state index in [1.807, 2.05) is 19.1 Å². The van der Waals surface area contributed by atoms with E-state index in [0.29, 0.717) is 17.3 Å². The lowest BCUT2D eigenvalue weighted by Gasteiger charge is -1.99. The number of rotatable bonds is 2. The number of hydrogen-bond acceptors (Lipinski definition) is 4. The summed E-state index contributed by atoms with van der Waals surface area (Å²) in [5.41, 5.74) is 5.61. The Balaban J connectivity index is 2.31. The Morgan fingerprint density at radius 3 is 2.93 bits per heavy atom. The first-order valence-electron chi connectivity index (χ1n) is 4.13. The molecule has 3 N–H and O–H groups in total. The summed E-state index contributed by atoms with van der Waals surface area (Å²) >= 11 is 5.00. The molecule has 74 valence electrons. The smallest absolute Gasteiger partial charge is 0.220 e. The molecule has 0 aliphatic heterocycles. The number of nitrogens with two attached hydrogens (primary N) is 1. The summed E-state index contributed by atoms with van der Waals surface area (Å²) in [5, 5.41) is 6.41. The normalized spacial score (nSPS) is 10.6. The van der Waals surface area contributed by atoms with Crippen molar-refractivity contribution in [2.24, 2.45) is 0 Å². The van der Waals surface area contributed by atoms with E-state index >= 15 is 0 Å². The molecule has 0 bridgehead atoms. The summed E-state index contributed by atoms with van der Waals surface area (Å²) in [6.45, 7) is 2.40. The van der Waals surface area contributed by atoms with Crippen molar-refractivity contribution >= 4 is 18.2 Å². The molecule has 0 saturated carbocycles. The Kier molecular flexibility index (Phi) is 2.12. The van der Waals surface area contributed by atoms with Gasteiger partial charge in [-0.15, -0.1) is 5.10 Å². The minimum Gasteiger partial charge on any atom is -0.464 e. The topological polar surface area (TPSA) is 72.8 Å². The summed E-state index contributed by atoms with van der Waals surface area (Å²) < 4.78 is 7.57. The van der Waals surface area contributed by atoms with Crippen LogP contribution in [-0.2, 0) is 6.54 Å². The SMILES string of the molecule is Cc1ccc(Cn2c(N)n[nH]c2=S)o1. The minimum atomic E-state index is 0.365. The predicted molar refractivity (Wildman–Crippen MR) is 54.4 cm³/mol. The van der Waals surface area contributed by atoms with E-state index in [0.717, 1.165) is 11.5 Å². The van der Waals surface area contributed by atoms with Crippen molar-refractivity contribution in [3.05, 3.63) is 28.4 Å². The lowest BCUT2D eigenvalue weighted by Crippen LogP contribution is -2.03. The van der Waals surface area contributed by atoms with E-state index in [9.17, 15) is 0 Å². The third kappa shape index (κ3) is 1.56. The van der Waals surface area contributed by atoms with Crippen LogP contribution in [0.2, 0.25) is 0 Å². The van der Waals surface area contributed by atoms with Crippen molar-refractivity contribution in [3.63, 3.8) is 0 Å². The van der Waals surface area contributed by atoms with Gasteiger partial charge in [0.1, 0.15) is 11.5 Å². The van der Waals surface area contributed by atoms with Gasteiger partial charge in [0.2, 0.25) is 5.95 Å². The molecule has 2 aromatic heterocycles. The highest BCUT2D eigenvalue weighted by Gasteiger charge is 2.05. The molecule has 0 atom stereocenters. The quantitative estimate of drug-likeness (QED) is 0.736. The zero-order chi connectivity index (χ0) is 10.1. The van der Waals surface area contributed by atoms with Crippen LogP contribution in [0.3, 0.4) is 0 Å². The Hall–Kier alpha value is -1.56. The first-order chi connectivity index (χ1) is 6.66. The minimum absolute atomic E-state index is 0.365. The summed E-state index contributed by atoms with van der Waals surface area (Å²) in [6, 6.07) is 3.79. The van der Waals surface area contributed by atoms with Crippen LogP contribution in [-0.4, -0.2) is 14.8 Å². The number of aryl methyl sites for hydroxylation is 1. The zero-order valence-electron chi connectivity index (χ0n) is 7.65. The fraction of sp³-hybridized carbons (Fsp3) is 0.250. The van der Waals surface area contributed by atoms with Gasteiger partial charge in [-0.2, -0.15) is 0 Å². The molecular weight excluding hydrogens is 200 g/mol. The molecule has 0 fully saturated rings. The third-order valence-corrected chi connectivity index (χ3v) is 2.21. The summed E-state index contributed by atoms with van der Waals surface area (Å²) in [5.74, 6) is 2.05. The number of aromatic nitrogens is 3. The van der Waals surface area contributed by atoms with E-state index in [4.69, 9.17) is 22.4 Å². The monoisotopic (exact) mass is 210 g/mol. The zero-order valence-corrected chi connectivity index (χ0v) is 8.47. The number of nitrogen functional groups attached to an aromatic ring is 1. The maximum absolute atomic E-state index is 5.61. The molecule has 0 radical (unpaired) electrons. The molecule has 0 aliphatic carbocycles. The molecule has 0 aliphatic rings. The van der Waals surface area contributed by atoms with Crippen molar-refractivity contribution in [3.8, 4) is 0 Å². The molecule has 0 aromatic carbocycles. The van der Waals surface area contributed by atoms with E-state index in [-0.39, 0.29) is 0 Å². The third-order valence-electron chi connectivity index (χ3n) is 1.90. The van der Waals surface area contributed by atoms with Crippen LogP contribution in [0.5, 0.6) is 0 Å². The Morgan fingerprint density at radius 2 is 2.43 bits per heavy atom. The van der Waals surface area contributed by atoms with Gasteiger partial charge in [-0.05, 0) is 31.3 Å². The number of aromatic amines is 1. The van der Waals surface area contributed by atoms with Crippen LogP contribution < -0.4 is 5.73 Å². The number of anilines is 1. The molecule has 6 heteroatoms. The fourth-order valence-electron chi connectivity index (χ4n) is 1.21. The predicted octanol–water partition coefficient (Wildman–Crippen LogP) is 1.47. The molecule has 0 unspecified atom stereocenters. The average molecular weight is 210 g/mol. The second-order valence-electron chi connectivity index (χ2n) is 2.99. The first-order valence-corrected chi connectivity index (χ1v) is 4.53. The van der Waals surface area contributed by atoms with Crippen LogP contribution in [0.4, 0.5) is 5.95 Å². The molecule has 0 saturated heterocycles. The number of H-pyrrole nitrogens is 1. The summed E-state index contributed by atoms with van der Waals surface area (Å²) in [4.78, 5) is 0. The van der Waals surface area contributed by atoms with Gasteiger partial charge >= 0.3 is 0 Å². The van der Waals surface area contributed by atoms with Crippen LogP contribution in [0.1, 0.15) is 11.5 Å². The molecule has 14 heavy (non-hydrogen) atoms. The maximum atomic E-state index is 5.61. The molecule has 2 heterocycles. The summed E-state index contributed by atoms with van der Waals surface area (Å²) in [6.07, 6.45) is 0. The van der Waals surface area contributed by atoms with Crippen LogP contribution in [0.25, 0.3) is 0 Å². The van der Waals surface area contributed by atoms with Gasteiger partial charge in [-0.1, -0.05) is 0 Å². The summed E-state index contributed by atoms with van der Waals surface area (Å²) in [7, 11) is 0. The Labute approximate surface area is 85.5 Å². The second kappa shape index (κ2) is 3.30. The molecule has 0 amide bonds. The van der Waals surface area contributed by atoms with Gasteiger partial charge in [0.05, 0.1) is 6.54 Å². The van der Waals surface area contributed by atoms with Crippen LogP contribution >= 0.6 is 12.2 Å². The fourth-order valence-corrected chi connectivity index (χ4v) is 1.41. The average Bonchev–Trinajstić information content (AvgIpc) is 2.67. The van der Waals surface area contributed by atoms with Crippen molar-refractivity contribution in [2.75, 3.05) is 5.73 Å². The maximum Gasteiger partial charge on any atom is 0.220 e. The number of furan rings is 1. The van der Waals surface area contributed by atoms with Crippen LogP contribution in [0.15, 0.2) is 16.5 Å². The standard InChI is InChI=1S/C8H10N4OS/c1-5-2-3-6(13-5)4-12-7(9)10-11-8(12)14/h2-3H,4H2,1H3,(H2,9,10)(H,11,14). The number of hydrogen-bond donors (Lipinski definition) is 2. The highest BCUT2D eigenvalue weighted by molar-refractivity contribution is 7.71. The van der Waals surface area contributed by atoms with Gasteiger partial charge < -0.3 is 10.2 Å². The van der Waals surface area contributed by atoms with E-state index in [2.05, 4.69) is 10.2 Å². The van der Waals surface area contributed by atoms with Crippen molar-refractivity contribution in [1.29, 1.82) is 0 Å². The lowest BCUT2D eigenvalue weighted by molar-refractivity contribution is 0.470. The first kappa shape index (κ1) is 9.01. The van der Waals surface area contributed by atoms with Crippen molar-refractivity contribution < 1.29 is 4.42 Å². The van der Waals surface area contributed by atoms with Gasteiger partial charge in [-0.3, -0.25) is 4.57 Å². The lowest BCUT2D eigenvalue weighted by atomic mass is 10.4. The largest absolute Gasteiger partial charge is 0.464 e. The molecule has 5 nitrogen and oxygen atoms in total. The van der Waals surface area contributed by atoms with E-state index < -0.39 is 0 Å². The number of nitrogens with zero attached hydrogens (tertiary/aromatic N) is 2. The molecule has 0 spiro atoms. The highest BCUT2D eigenvalue weighted by atomic mass is 32.1. The van der Waals surface area contributed by atoms with Gasteiger partial charge in [0.25, 0.3) is 0 Å². The van der Waals surface area contributed by atoms with Crippen molar-refractivity contribution in [2.45, 2.75) is 13.5 Å². The second-order valence-corrected chi connectivity index (χ2v) is 3.37. The van der Waals surface area contributed by atoms with Gasteiger partial charge in [0, 0.05) is 0 Å². The Morgan fingerprint density at radius 1 is 1.64 bits per heavy atom. The van der Waals surface area contributed by atoms with Gasteiger partial charge in [0.15, 0.2) is 4.77 Å². The van der Waals surface area contributed by atoms with Crippen LogP contribution in [0, 0.1) is 11.7 Å². The van der Waals surface area contributed by atoms with Gasteiger partial charge in [-0.25, -0.2) is 5.10 Å². The highest BCUT2D eigenvalue weighted by Crippen LogP contribution is 2.10. The number of nitrogens with one attached hydrogen (secondary N) is 1.